The molecular formula is C22H22N2O2. The Morgan fingerprint density at radius 2 is 1.96 bits per heavy atom. The number of nitrogens with zero attached hydrogens (tertiary/aromatic N) is 1. The number of piperidine rings is 1. The minimum Gasteiger partial charge on any atom is -0.335 e. The number of carbonyl (C=O) groups excluding carboxylic acids is 2. The van der Waals surface area contributed by atoms with Crippen molar-refractivity contribution in [3.63, 3.8) is 0 Å². The third-order valence-electron chi connectivity index (χ3n) is 6.19. The van der Waals surface area contributed by atoms with Crippen LogP contribution in [-0.2, 0) is 17.6 Å². The second-order valence-corrected chi connectivity index (χ2v) is 7.65. The van der Waals surface area contributed by atoms with Crippen LogP contribution in [-0.4, -0.2) is 29.3 Å². The molecule has 0 bridgehead atoms. The molecule has 0 radical (unpaired) electrons. The average molecular weight is 346 g/mol. The van der Waals surface area contributed by atoms with Crippen LogP contribution in [0.2, 0.25) is 0 Å². The highest BCUT2D eigenvalue weighted by Crippen LogP contribution is 2.41. The zero-order valence-corrected chi connectivity index (χ0v) is 14.7. The van der Waals surface area contributed by atoms with Gasteiger partial charge in [-0.15, -0.1) is 0 Å². The molecule has 2 aliphatic heterocycles. The summed E-state index contributed by atoms with van der Waals surface area (Å²) in [5.74, 6) is 0.557. The van der Waals surface area contributed by atoms with Gasteiger partial charge in [-0.25, -0.2) is 0 Å². The van der Waals surface area contributed by atoms with Gasteiger partial charge in [-0.2, -0.15) is 0 Å². The number of hydrogen-bond acceptors (Lipinski definition) is 2. The highest BCUT2D eigenvalue weighted by molar-refractivity contribution is 6.02. The molecule has 1 saturated heterocycles. The minimum atomic E-state index is 0.00604. The lowest BCUT2D eigenvalue weighted by atomic mass is 9.74. The van der Waals surface area contributed by atoms with Crippen molar-refractivity contribution in [2.45, 2.75) is 44.1 Å². The fourth-order valence-corrected chi connectivity index (χ4v) is 4.97. The predicted molar refractivity (Wildman–Crippen MR) is 100 cm³/mol. The maximum Gasteiger partial charge on any atom is 0.254 e. The lowest BCUT2D eigenvalue weighted by Gasteiger charge is -2.45. The van der Waals surface area contributed by atoms with Crippen molar-refractivity contribution in [2.24, 2.45) is 0 Å². The largest absolute Gasteiger partial charge is 0.335 e. The molecular weight excluding hydrogens is 324 g/mol. The van der Waals surface area contributed by atoms with E-state index in [2.05, 4.69) is 34.5 Å². The second kappa shape index (κ2) is 5.97. The molecule has 2 aromatic carbocycles. The molecule has 26 heavy (non-hydrogen) atoms. The van der Waals surface area contributed by atoms with Crippen molar-refractivity contribution in [1.82, 2.24) is 4.90 Å². The summed E-state index contributed by atoms with van der Waals surface area (Å²) >= 11 is 0. The number of amides is 2. The SMILES string of the molecule is O=C1Cc2ccc(C(=O)N3CCC[C@H]4c5ccccc5CC[C@H]43)cc2N1. The van der Waals surface area contributed by atoms with Crippen molar-refractivity contribution < 1.29 is 9.59 Å². The van der Waals surface area contributed by atoms with E-state index in [-0.39, 0.29) is 17.9 Å². The topological polar surface area (TPSA) is 49.4 Å². The monoisotopic (exact) mass is 346 g/mol. The normalized spacial score (nSPS) is 23.7. The molecule has 2 aromatic rings. The van der Waals surface area contributed by atoms with Crippen molar-refractivity contribution >= 4 is 17.5 Å². The van der Waals surface area contributed by atoms with E-state index in [9.17, 15) is 9.59 Å². The summed E-state index contributed by atoms with van der Waals surface area (Å²) in [5.41, 5.74) is 5.34. The van der Waals surface area contributed by atoms with Crippen LogP contribution in [0, 0.1) is 0 Å². The van der Waals surface area contributed by atoms with E-state index in [0.29, 0.717) is 17.9 Å². The molecule has 3 aliphatic rings. The van der Waals surface area contributed by atoms with Crippen LogP contribution in [0.15, 0.2) is 42.5 Å². The quantitative estimate of drug-likeness (QED) is 0.859. The lowest BCUT2D eigenvalue weighted by molar-refractivity contribution is -0.115. The summed E-state index contributed by atoms with van der Waals surface area (Å²) in [4.78, 5) is 26.9. The molecule has 2 amide bonds. The van der Waals surface area contributed by atoms with Gasteiger partial charge in [0.15, 0.2) is 0 Å². The van der Waals surface area contributed by atoms with E-state index in [1.54, 1.807) is 0 Å². The third kappa shape index (κ3) is 2.44. The smallest absolute Gasteiger partial charge is 0.254 e. The van der Waals surface area contributed by atoms with Gasteiger partial charge < -0.3 is 10.2 Å². The van der Waals surface area contributed by atoms with Crippen LogP contribution in [0.3, 0.4) is 0 Å². The number of aryl methyl sites for hydroxylation is 1. The fraction of sp³-hybridized carbons (Fsp3) is 0.364. The number of rotatable bonds is 1. The molecule has 1 fully saturated rings. The van der Waals surface area contributed by atoms with Gasteiger partial charge in [0.1, 0.15) is 0 Å². The van der Waals surface area contributed by atoms with Crippen molar-refractivity contribution in [3.05, 3.63) is 64.7 Å². The Bertz CT molecular complexity index is 905. The molecule has 0 aromatic heterocycles. The molecule has 0 spiro atoms. The van der Waals surface area contributed by atoms with Crippen LogP contribution in [0.5, 0.6) is 0 Å². The zero-order chi connectivity index (χ0) is 17.7. The number of likely N-dealkylation sites (tertiary alicyclic amines) is 1. The first-order chi connectivity index (χ1) is 12.7. The van der Waals surface area contributed by atoms with E-state index in [1.807, 2.05) is 18.2 Å². The average Bonchev–Trinajstić information content (AvgIpc) is 3.06. The number of fused-ring (bicyclic) bond motifs is 4. The first-order valence-corrected chi connectivity index (χ1v) is 9.52. The van der Waals surface area contributed by atoms with Crippen LogP contribution in [0.4, 0.5) is 5.69 Å². The first-order valence-electron chi connectivity index (χ1n) is 9.52. The Kier molecular flexibility index (Phi) is 3.59. The highest BCUT2D eigenvalue weighted by atomic mass is 16.2. The van der Waals surface area contributed by atoms with Crippen LogP contribution in [0.1, 0.15) is 52.2 Å². The molecule has 0 saturated carbocycles. The molecule has 1 aliphatic carbocycles. The molecule has 1 N–H and O–H groups in total. The number of anilines is 1. The van der Waals surface area contributed by atoms with Crippen molar-refractivity contribution in [2.75, 3.05) is 11.9 Å². The molecule has 5 rings (SSSR count). The Morgan fingerprint density at radius 3 is 2.88 bits per heavy atom. The lowest BCUT2D eigenvalue weighted by Crippen LogP contribution is -2.49. The van der Waals surface area contributed by atoms with E-state index in [4.69, 9.17) is 0 Å². The Labute approximate surface area is 153 Å². The summed E-state index contributed by atoms with van der Waals surface area (Å²) in [5, 5.41) is 2.86. The summed E-state index contributed by atoms with van der Waals surface area (Å²) in [6, 6.07) is 14.6. The van der Waals surface area contributed by atoms with Crippen LogP contribution in [0.25, 0.3) is 0 Å². The summed E-state index contributed by atoms with van der Waals surface area (Å²) in [6.07, 6.45) is 4.69. The minimum absolute atomic E-state index is 0.00604. The molecule has 0 unspecified atom stereocenters. The Balaban J connectivity index is 1.45. The van der Waals surface area contributed by atoms with Crippen LogP contribution < -0.4 is 5.32 Å². The van der Waals surface area contributed by atoms with Crippen molar-refractivity contribution in [1.29, 1.82) is 0 Å². The first kappa shape index (κ1) is 15.6. The molecule has 132 valence electrons. The number of carbonyl (C=O) groups is 2. The van der Waals surface area contributed by atoms with Gasteiger partial charge in [0.05, 0.1) is 6.42 Å². The van der Waals surface area contributed by atoms with Crippen LogP contribution >= 0.6 is 0 Å². The highest BCUT2D eigenvalue weighted by Gasteiger charge is 2.38. The summed E-state index contributed by atoms with van der Waals surface area (Å²) < 4.78 is 0. The van der Waals surface area contributed by atoms with Gasteiger partial charge in [0.2, 0.25) is 5.91 Å². The second-order valence-electron chi connectivity index (χ2n) is 7.65. The molecule has 4 heteroatoms. The van der Waals surface area contributed by atoms with Gasteiger partial charge in [-0.1, -0.05) is 30.3 Å². The van der Waals surface area contributed by atoms with E-state index >= 15 is 0 Å². The Morgan fingerprint density at radius 1 is 1.08 bits per heavy atom. The Hall–Kier alpha value is -2.62. The number of nitrogens with one attached hydrogen (secondary N) is 1. The summed E-state index contributed by atoms with van der Waals surface area (Å²) in [7, 11) is 0. The van der Waals surface area contributed by atoms with E-state index in [0.717, 1.165) is 43.5 Å². The van der Waals surface area contributed by atoms with Crippen molar-refractivity contribution in [3.8, 4) is 0 Å². The maximum absolute atomic E-state index is 13.3. The molecule has 2 atom stereocenters. The van der Waals surface area contributed by atoms with Gasteiger partial charge >= 0.3 is 0 Å². The standard InChI is InChI=1S/C22H22N2O2/c25-21-13-15-7-8-16(12-19(15)23-21)22(26)24-11-3-6-18-17-5-2-1-4-14(17)9-10-20(18)24/h1-2,4-5,7-8,12,18,20H,3,6,9-11,13H2,(H,23,25)/t18-,20+/m0/s1. The predicted octanol–water partition coefficient (Wildman–Crippen LogP) is 3.52. The fourth-order valence-electron chi connectivity index (χ4n) is 4.97. The molecule has 2 heterocycles. The number of hydrogen-bond donors (Lipinski definition) is 1. The van der Waals surface area contributed by atoms with Gasteiger partial charge in [0, 0.05) is 29.8 Å². The molecule has 4 nitrogen and oxygen atoms in total. The number of benzene rings is 2. The zero-order valence-electron chi connectivity index (χ0n) is 14.7. The van der Waals surface area contributed by atoms with Gasteiger partial charge in [-0.3, -0.25) is 9.59 Å². The van der Waals surface area contributed by atoms with Gasteiger partial charge in [-0.05, 0) is 54.5 Å². The third-order valence-corrected chi connectivity index (χ3v) is 6.19. The van der Waals surface area contributed by atoms with Gasteiger partial charge in [0.25, 0.3) is 5.91 Å². The maximum atomic E-state index is 13.3. The van der Waals surface area contributed by atoms with E-state index < -0.39 is 0 Å². The van der Waals surface area contributed by atoms with E-state index in [1.165, 1.54) is 11.1 Å². The summed E-state index contributed by atoms with van der Waals surface area (Å²) in [6.45, 7) is 0.825.